The fourth-order valence-corrected chi connectivity index (χ4v) is 5.69. The zero-order valence-corrected chi connectivity index (χ0v) is 15.4. The van der Waals surface area contributed by atoms with Gasteiger partial charge in [0.15, 0.2) is 0 Å². The van der Waals surface area contributed by atoms with E-state index in [1.54, 1.807) is 0 Å². The van der Waals surface area contributed by atoms with Gasteiger partial charge in [0.2, 0.25) is 0 Å². The number of cyclic esters (lactones) is 1. The summed E-state index contributed by atoms with van der Waals surface area (Å²) in [4.78, 5) is 24.0. The highest BCUT2D eigenvalue weighted by atomic mass is 16.5. The Labute approximate surface area is 144 Å². The summed E-state index contributed by atoms with van der Waals surface area (Å²) in [6.07, 6.45) is 6.41. The first kappa shape index (κ1) is 17.7. The minimum absolute atomic E-state index is 0.0719. The first-order valence-electron chi connectivity index (χ1n) is 9.21. The van der Waals surface area contributed by atoms with Gasteiger partial charge in [-0.05, 0) is 42.6 Å². The number of rotatable bonds is 3. The van der Waals surface area contributed by atoms with Gasteiger partial charge in [-0.1, -0.05) is 34.1 Å². The molecule has 3 aliphatic rings. The summed E-state index contributed by atoms with van der Waals surface area (Å²) < 4.78 is 4.97. The van der Waals surface area contributed by atoms with Gasteiger partial charge >= 0.3 is 5.97 Å². The smallest absolute Gasteiger partial charge is 0.331 e. The van der Waals surface area contributed by atoms with Crippen LogP contribution in [-0.4, -0.2) is 29.1 Å². The molecular weight excluding hydrogens is 304 g/mol. The molecule has 2 aliphatic carbocycles. The third kappa shape index (κ3) is 2.54. The van der Waals surface area contributed by atoms with Gasteiger partial charge in [-0.15, -0.1) is 0 Å². The van der Waals surface area contributed by atoms with Crippen LogP contribution >= 0.6 is 0 Å². The van der Waals surface area contributed by atoms with Gasteiger partial charge in [-0.3, -0.25) is 4.79 Å². The fraction of sp³-hybridized carbons (Fsp3) is 0.800. The topological polar surface area (TPSA) is 63.6 Å². The van der Waals surface area contributed by atoms with Crippen molar-refractivity contribution in [1.82, 2.24) is 0 Å². The van der Waals surface area contributed by atoms with Gasteiger partial charge in [-0.2, -0.15) is 0 Å². The van der Waals surface area contributed by atoms with Crippen LogP contribution in [0.5, 0.6) is 0 Å². The Kier molecular flexibility index (Phi) is 4.18. The average molecular weight is 334 g/mol. The van der Waals surface area contributed by atoms with Gasteiger partial charge in [0.05, 0.1) is 5.60 Å². The Hall–Kier alpha value is -1.16. The second-order valence-electron chi connectivity index (χ2n) is 9.04. The van der Waals surface area contributed by atoms with Gasteiger partial charge in [0.25, 0.3) is 0 Å². The molecule has 24 heavy (non-hydrogen) atoms. The lowest BCUT2D eigenvalue weighted by atomic mass is 9.44. The molecule has 0 saturated heterocycles. The van der Waals surface area contributed by atoms with Crippen LogP contribution in [0.15, 0.2) is 11.6 Å². The summed E-state index contributed by atoms with van der Waals surface area (Å²) in [5, 5.41) is 11.7. The van der Waals surface area contributed by atoms with Crippen molar-refractivity contribution in [2.45, 2.75) is 71.8 Å². The molecular formula is C20H30O4. The van der Waals surface area contributed by atoms with E-state index in [-0.39, 0.29) is 34.4 Å². The zero-order chi connectivity index (χ0) is 17.8. The van der Waals surface area contributed by atoms with E-state index < -0.39 is 5.60 Å². The quantitative estimate of drug-likeness (QED) is 0.803. The lowest BCUT2D eigenvalue weighted by Crippen LogP contribution is -2.64. The van der Waals surface area contributed by atoms with E-state index >= 15 is 0 Å². The lowest BCUT2D eigenvalue weighted by molar-refractivity contribution is -0.208. The lowest BCUT2D eigenvalue weighted by Gasteiger charge is -2.62. The van der Waals surface area contributed by atoms with E-state index in [1.165, 1.54) is 6.08 Å². The van der Waals surface area contributed by atoms with E-state index in [9.17, 15) is 14.7 Å². The standard InChI is InChI=1S/C20H30O4/c1-13-15(21)11-16-18(2,3)7-5-8-19(16,4)20(13,23)9-6-14-10-17(22)24-12-14/h10,13,16,23H,5-9,11-12H2,1-4H3/t13-,16+,19+,20-/m0/s1. The predicted octanol–water partition coefficient (Wildman–Crippen LogP) is 3.42. The zero-order valence-electron chi connectivity index (χ0n) is 15.4. The normalized spacial score (nSPS) is 41.6. The molecule has 1 N–H and O–H groups in total. The van der Waals surface area contributed by atoms with Gasteiger partial charge < -0.3 is 9.84 Å². The molecule has 1 aliphatic heterocycles. The van der Waals surface area contributed by atoms with Crippen LogP contribution < -0.4 is 0 Å². The summed E-state index contributed by atoms with van der Waals surface area (Å²) in [6.45, 7) is 8.88. The first-order valence-corrected chi connectivity index (χ1v) is 9.21. The number of carbonyl (C=O) groups excluding carboxylic acids is 2. The largest absolute Gasteiger partial charge is 0.458 e. The number of ketones is 1. The minimum atomic E-state index is -1.02. The predicted molar refractivity (Wildman–Crippen MR) is 91.2 cm³/mol. The third-order valence-electron chi connectivity index (χ3n) is 7.37. The van der Waals surface area contributed by atoms with Gasteiger partial charge in [0.1, 0.15) is 12.4 Å². The number of Topliss-reactive ketones (excluding diaryl/α,β-unsaturated/α-hetero) is 1. The number of hydrogen-bond acceptors (Lipinski definition) is 4. The number of carbonyl (C=O) groups is 2. The second kappa shape index (κ2) is 5.69. The maximum atomic E-state index is 12.7. The molecule has 0 bridgehead atoms. The molecule has 0 amide bonds. The second-order valence-corrected chi connectivity index (χ2v) is 9.04. The number of esters is 1. The van der Waals surface area contributed by atoms with Crippen molar-refractivity contribution in [3.63, 3.8) is 0 Å². The summed E-state index contributed by atoms with van der Waals surface area (Å²) >= 11 is 0. The molecule has 0 aromatic heterocycles. The number of hydrogen-bond donors (Lipinski definition) is 1. The maximum Gasteiger partial charge on any atom is 0.331 e. The minimum Gasteiger partial charge on any atom is -0.458 e. The first-order chi connectivity index (χ1) is 11.1. The highest BCUT2D eigenvalue weighted by Crippen LogP contribution is 2.62. The molecule has 0 spiro atoms. The summed E-state index contributed by atoms with van der Waals surface area (Å²) in [5.41, 5.74) is -0.278. The highest BCUT2D eigenvalue weighted by Gasteiger charge is 2.63. The monoisotopic (exact) mass is 334 g/mol. The van der Waals surface area contributed by atoms with Gasteiger partial charge in [0, 0.05) is 23.8 Å². The molecule has 2 saturated carbocycles. The average Bonchev–Trinajstić information content (AvgIpc) is 2.92. The molecule has 0 aromatic rings. The van der Waals surface area contributed by atoms with Crippen LogP contribution in [0, 0.1) is 22.7 Å². The Bertz CT molecular complexity index is 590. The summed E-state index contributed by atoms with van der Waals surface area (Å²) in [6, 6.07) is 0. The molecule has 4 atom stereocenters. The molecule has 134 valence electrons. The number of fused-ring (bicyclic) bond motifs is 1. The van der Waals surface area contributed by atoms with E-state index in [2.05, 4.69) is 20.8 Å². The van der Waals surface area contributed by atoms with Gasteiger partial charge in [-0.25, -0.2) is 4.79 Å². The maximum absolute atomic E-state index is 12.7. The van der Waals surface area contributed by atoms with Crippen molar-refractivity contribution in [2.24, 2.45) is 22.7 Å². The molecule has 0 radical (unpaired) electrons. The Balaban J connectivity index is 1.91. The molecule has 0 unspecified atom stereocenters. The summed E-state index contributed by atoms with van der Waals surface area (Å²) in [5.74, 6) is -0.260. The molecule has 4 nitrogen and oxygen atoms in total. The molecule has 2 fully saturated rings. The van der Waals surface area contributed by atoms with Crippen LogP contribution in [-0.2, 0) is 14.3 Å². The van der Waals surface area contributed by atoms with Crippen molar-refractivity contribution in [1.29, 1.82) is 0 Å². The van der Waals surface area contributed by atoms with Crippen LogP contribution in [0.3, 0.4) is 0 Å². The number of ether oxygens (including phenoxy) is 1. The van der Waals surface area contributed by atoms with E-state index in [0.717, 1.165) is 24.8 Å². The van der Waals surface area contributed by atoms with E-state index in [4.69, 9.17) is 4.74 Å². The molecule has 3 rings (SSSR count). The molecule has 4 heteroatoms. The summed E-state index contributed by atoms with van der Waals surface area (Å²) in [7, 11) is 0. The van der Waals surface area contributed by atoms with Crippen molar-refractivity contribution >= 4 is 11.8 Å². The molecule has 1 heterocycles. The van der Waals surface area contributed by atoms with Crippen LogP contribution in [0.2, 0.25) is 0 Å². The van der Waals surface area contributed by atoms with Crippen molar-refractivity contribution in [2.75, 3.05) is 6.61 Å². The SMILES string of the molecule is C[C@H]1C(=O)C[C@@H]2C(C)(C)CCC[C@@]2(C)[C@]1(O)CCC1=CC(=O)OC1. The highest BCUT2D eigenvalue weighted by molar-refractivity contribution is 5.85. The van der Waals surface area contributed by atoms with Crippen LogP contribution in [0.4, 0.5) is 0 Å². The molecule has 0 aromatic carbocycles. The fourth-order valence-electron chi connectivity index (χ4n) is 5.69. The van der Waals surface area contributed by atoms with Crippen molar-refractivity contribution < 1.29 is 19.4 Å². The van der Waals surface area contributed by atoms with E-state index in [0.29, 0.717) is 25.9 Å². The Morgan fingerprint density at radius 3 is 2.58 bits per heavy atom. The van der Waals surface area contributed by atoms with Crippen molar-refractivity contribution in [3.8, 4) is 0 Å². The van der Waals surface area contributed by atoms with Crippen LogP contribution in [0.25, 0.3) is 0 Å². The van der Waals surface area contributed by atoms with Crippen molar-refractivity contribution in [3.05, 3.63) is 11.6 Å². The Morgan fingerprint density at radius 1 is 1.25 bits per heavy atom. The number of aliphatic hydroxyl groups is 1. The Morgan fingerprint density at radius 2 is 1.96 bits per heavy atom. The van der Waals surface area contributed by atoms with Crippen LogP contribution in [0.1, 0.15) is 66.2 Å². The van der Waals surface area contributed by atoms with E-state index in [1.807, 2.05) is 6.92 Å². The third-order valence-corrected chi connectivity index (χ3v) is 7.37.